The molecule has 2 fully saturated rings. The van der Waals surface area contributed by atoms with E-state index in [1.165, 1.54) is 37.3 Å². The monoisotopic (exact) mass is 392 g/mol. The second kappa shape index (κ2) is 9.66. The van der Waals surface area contributed by atoms with Crippen molar-refractivity contribution in [1.82, 2.24) is 20.0 Å². The van der Waals surface area contributed by atoms with E-state index in [0.29, 0.717) is 31.5 Å². The molecule has 1 aromatic rings. The summed E-state index contributed by atoms with van der Waals surface area (Å²) >= 11 is 1.44. The van der Waals surface area contributed by atoms with Crippen molar-refractivity contribution >= 4 is 23.2 Å². The zero-order valence-electron chi connectivity index (χ0n) is 16.5. The van der Waals surface area contributed by atoms with Crippen molar-refractivity contribution in [2.45, 2.75) is 44.7 Å². The highest BCUT2D eigenvalue weighted by Crippen LogP contribution is 2.21. The molecule has 0 aliphatic carbocycles. The highest BCUT2D eigenvalue weighted by molar-refractivity contribution is 7.12. The van der Waals surface area contributed by atoms with E-state index in [0.717, 1.165) is 24.5 Å². The number of amides is 2. The molecule has 7 heteroatoms. The van der Waals surface area contributed by atoms with Crippen LogP contribution in [0.1, 0.15) is 42.3 Å². The van der Waals surface area contributed by atoms with Crippen LogP contribution in [0.3, 0.4) is 0 Å². The van der Waals surface area contributed by atoms with E-state index in [1.807, 2.05) is 22.4 Å². The van der Waals surface area contributed by atoms with Gasteiger partial charge in [0.1, 0.15) is 0 Å². The van der Waals surface area contributed by atoms with Crippen molar-refractivity contribution < 1.29 is 9.59 Å². The highest BCUT2D eigenvalue weighted by Gasteiger charge is 2.32. The van der Waals surface area contributed by atoms with Gasteiger partial charge in [0.15, 0.2) is 0 Å². The quantitative estimate of drug-likeness (QED) is 0.751. The number of nitrogens with one attached hydrogen (secondary N) is 1. The molecule has 6 nitrogen and oxygen atoms in total. The summed E-state index contributed by atoms with van der Waals surface area (Å²) in [6.45, 7) is 7.79. The summed E-state index contributed by atoms with van der Waals surface area (Å²) in [5, 5.41) is 4.79. The number of hydrogen-bond acceptors (Lipinski definition) is 5. The lowest BCUT2D eigenvalue weighted by molar-refractivity contribution is -0.135. The zero-order chi connectivity index (χ0) is 19.2. The second-order valence-corrected chi connectivity index (χ2v) is 8.75. The molecule has 1 unspecified atom stereocenters. The molecule has 0 spiro atoms. The lowest BCUT2D eigenvalue weighted by Crippen LogP contribution is -2.58. The molecular formula is C20H32N4O2S. The van der Waals surface area contributed by atoms with Gasteiger partial charge < -0.3 is 15.1 Å². The Labute approximate surface area is 166 Å². The molecule has 2 aliphatic heterocycles. The van der Waals surface area contributed by atoms with Crippen LogP contribution in [0.4, 0.5) is 0 Å². The molecule has 2 saturated heterocycles. The molecule has 0 radical (unpaired) electrons. The minimum atomic E-state index is -0.0437. The number of carbonyl (C=O) groups is 2. The Morgan fingerprint density at radius 1 is 1.22 bits per heavy atom. The summed E-state index contributed by atoms with van der Waals surface area (Å²) in [5.41, 5.74) is 0. The minimum absolute atomic E-state index is 0.0437. The summed E-state index contributed by atoms with van der Waals surface area (Å²) in [5.74, 6) is 0.174. The molecule has 0 aromatic carbocycles. The van der Waals surface area contributed by atoms with Gasteiger partial charge in [-0.1, -0.05) is 6.07 Å². The standard InChI is InChI=1S/C20H32N4O2S/c1-16-15-23(12-13-24(16)17-7-10-22(2)11-8-17)19(25)6-3-9-21-20(26)18-5-4-14-27-18/h4-5,14,16-17H,3,6-13,15H2,1-2H3,(H,21,26). The summed E-state index contributed by atoms with van der Waals surface area (Å²) < 4.78 is 0. The van der Waals surface area contributed by atoms with Crippen LogP contribution in [0.2, 0.25) is 0 Å². The number of thiophene rings is 1. The van der Waals surface area contributed by atoms with Crippen LogP contribution in [0.5, 0.6) is 0 Å². The van der Waals surface area contributed by atoms with Gasteiger partial charge in [0.25, 0.3) is 5.91 Å². The maximum absolute atomic E-state index is 12.5. The van der Waals surface area contributed by atoms with Crippen LogP contribution in [0.25, 0.3) is 0 Å². The molecule has 1 aromatic heterocycles. The SMILES string of the molecule is CC1CN(C(=O)CCCNC(=O)c2cccs2)CCN1C1CCN(C)CC1. The maximum Gasteiger partial charge on any atom is 0.261 e. The van der Waals surface area contributed by atoms with Crippen LogP contribution in [-0.2, 0) is 4.79 Å². The minimum Gasteiger partial charge on any atom is -0.351 e. The number of rotatable bonds is 6. The van der Waals surface area contributed by atoms with Gasteiger partial charge in [0.2, 0.25) is 5.91 Å². The average Bonchev–Trinajstić information content (AvgIpc) is 3.20. The van der Waals surface area contributed by atoms with Crippen molar-refractivity contribution in [1.29, 1.82) is 0 Å². The number of piperidine rings is 1. The Kier molecular flexibility index (Phi) is 7.26. The number of hydrogen-bond donors (Lipinski definition) is 1. The first-order valence-corrected chi connectivity index (χ1v) is 11.0. The van der Waals surface area contributed by atoms with Crippen molar-refractivity contribution in [2.75, 3.05) is 46.3 Å². The fraction of sp³-hybridized carbons (Fsp3) is 0.700. The molecule has 1 N–H and O–H groups in total. The lowest BCUT2D eigenvalue weighted by atomic mass is 10.00. The molecular weight excluding hydrogens is 360 g/mol. The summed E-state index contributed by atoms with van der Waals surface area (Å²) in [6, 6.07) is 4.78. The first kappa shape index (κ1) is 20.3. The zero-order valence-corrected chi connectivity index (χ0v) is 17.3. The number of piperazine rings is 1. The fourth-order valence-electron chi connectivity index (χ4n) is 4.16. The van der Waals surface area contributed by atoms with Crippen molar-refractivity contribution in [3.63, 3.8) is 0 Å². The average molecular weight is 393 g/mol. The Morgan fingerprint density at radius 2 is 2.00 bits per heavy atom. The van der Waals surface area contributed by atoms with Crippen molar-refractivity contribution in [3.05, 3.63) is 22.4 Å². The van der Waals surface area contributed by atoms with E-state index >= 15 is 0 Å². The van der Waals surface area contributed by atoms with E-state index in [9.17, 15) is 9.59 Å². The van der Waals surface area contributed by atoms with Gasteiger partial charge in [-0.3, -0.25) is 14.5 Å². The first-order valence-electron chi connectivity index (χ1n) is 10.1. The normalized spacial score (nSPS) is 22.7. The molecule has 0 saturated carbocycles. The fourth-order valence-corrected chi connectivity index (χ4v) is 4.80. The summed E-state index contributed by atoms with van der Waals surface area (Å²) in [7, 11) is 2.19. The topological polar surface area (TPSA) is 55.9 Å². The Bertz CT molecular complexity index is 614. The van der Waals surface area contributed by atoms with Gasteiger partial charge in [-0.15, -0.1) is 11.3 Å². The second-order valence-electron chi connectivity index (χ2n) is 7.80. The van der Waals surface area contributed by atoms with Crippen LogP contribution in [-0.4, -0.2) is 84.9 Å². The van der Waals surface area contributed by atoms with Gasteiger partial charge in [-0.05, 0) is 57.8 Å². The number of likely N-dealkylation sites (tertiary alicyclic amines) is 1. The van der Waals surface area contributed by atoms with Crippen LogP contribution < -0.4 is 5.32 Å². The summed E-state index contributed by atoms with van der Waals surface area (Å²) in [4.78, 5) is 32.2. The van der Waals surface area contributed by atoms with E-state index < -0.39 is 0 Å². The Morgan fingerprint density at radius 3 is 2.67 bits per heavy atom. The largest absolute Gasteiger partial charge is 0.351 e. The number of nitrogens with zero attached hydrogens (tertiary/aromatic N) is 3. The Hall–Kier alpha value is -1.44. The first-order chi connectivity index (χ1) is 13.0. The summed E-state index contributed by atoms with van der Waals surface area (Å²) in [6.07, 6.45) is 3.67. The van der Waals surface area contributed by atoms with Crippen LogP contribution in [0, 0.1) is 0 Å². The molecule has 3 rings (SSSR count). The third-order valence-electron chi connectivity index (χ3n) is 5.79. The van der Waals surface area contributed by atoms with E-state index in [-0.39, 0.29) is 11.8 Å². The van der Waals surface area contributed by atoms with Crippen LogP contribution in [0.15, 0.2) is 17.5 Å². The van der Waals surface area contributed by atoms with Gasteiger partial charge in [0.05, 0.1) is 4.88 Å². The van der Waals surface area contributed by atoms with Gasteiger partial charge >= 0.3 is 0 Å². The molecule has 2 amide bonds. The molecule has 27 heavy (non-hydrogen) atoms. The molecule has 150 valence electrons. The van der Waals surface area contributed by atoms with E-state index in [2.05, 4.69) is 29.1 Å². The Balaban J connectivity index is 1.35. The van der Waals surface area contributed by atoms with Gasteiger partial charge in [0, 0.05) is 44.7 Å². The molecule has 0 bridgehead atoms. The predicted molar refractivity (Wildman–Crippen MR) is 109 cm³/mol. The molecule has 1 atom stereocenters. The third-order valence-corrected chi connectivity index (χ3v) is 6.66. The van der Waals surface area contributed by atoms with E-state index in [4.69, 9.17) is 0 Å². The van der Waals surface area contributed by atoms with Gasteiger partial charge in [-0.25, -0.2) is 0 Å². The lowest BCUT2D eigenvalue weighted by Gasteiger charge is -2.46. The van der Waals surface area contributed by atoms with Crippen LogP contribution >= 0.6 is 11.3 Å². The third kappa shape index (κ3) is 5.53. The van der Waals surface area contributed by atoms with Gasteiger partial charge in [-0.2, -0.15) is 0 Å². The maximum atomic E-state index is 12.5. The molecule has 2 aliphatic rings. The van der Waals surface area contributed by atoms with Crippen molar-refractivity contribution in [3.8, 4) is 0 Å². The molecule has 3 heterocycles. The number of carbonyl (C=O) groups excluding carboxylic acids is 2. The smallest absolute Gasteiger partial charge is 0.261 e. The predicted octanol–water partition coefficient (Wildman–Crippen LogP) is 1.88. The van der Waals surface area contributed by atoms with Crippen molar-refractivity contribution in [2.24, 2.45) is 0 Å². The van der Waals surface area contributed by atoms with E-state index in [1.54, 1.807) is 0 Å². The highest BCUT2D eigenvalue weighted by atomic mass is 32.1.